The van der Waals surface area contributed by atoms with E-state index in [1.807, 2.05) is 37.3 Å². The predicted molar refractivity (Wildman–Crippen MR) is 78.2 cm³/mol. The van der Waals surface area contributed by atoms with Gasteiger partial charge in [0.05, 0.1) is 5.75 Å². The van der Waals surface area contributed by atoms with Gasteiger partial charge < -0.3 is 5.32 Å². The molecule has 5 heteroatoms. The summed E-state index contributed by atoms with van der Waals surface area (Å²) in [6.07, 6.45) is 0.376. The molecule has 2 aromatic carbocycles. The smallest absolute Gasteiger partial charge is 0.264 e. The van der Waals surface area contributed by atoms with Gasteiger partial charge in [-0.05, 0) is 24.3 Å². The van der Waals surface area contributed by atoms with E-state index >= 15 is 0 Å². The molecule has 0 aliphatic carbocycles. The topological polar surface area (TPSA) is 66.4 Å². The lowest BCUT2D eigenvalue weighted by Crippen LogP contribution is -2.10. The van der Waals surface area contributed by atoms with Crippen LogP contribution in [0.5, 0.6) is 0 Å². The number of fused-ring (bicyclic) bond motifs is 1. The van der Waals surface area contributed by atoms with Gasteiger partial charge in [0, 0.05) is 17.6 Å². The summed E-state index contributed by atoms with van der Waals surface area (Å²) >= 11 is 0. The Bertz CT molecular complexity index is 680. The Morgan fingerprint density at radius 3 is 2.63 bits per heavy atom. The molecule has 0 saturated carbocycles. The van der Waals surface area contributed by atoms with Gasteiger partial charge in [0.25, 0.3) is 10.1 Å². The zero-order chi connectivity index (χ0) is 13.9. The first kappa shape index (κ1) is 13.8. The van der Waals surface area contributed by atoms with Crippen LogP contribution in [0.2, 0.25) is 0 Å². The van der Waals surface area contributed by atoms with E-state index in [-0.39, 0.29) is 5.75 Å². The molecule has 0 aromatic heterocycles. The van der Waals surface area contributed by atoms with Crippen LogP contribution in [0.15, 0.2) is 36.4 Å². The van der Waals surface area contributed by atoms with E-state index in [4.69, 9.17) is 4.55 Å². The van der Waals surface area contributed by atoms with Gasteiger partial charge in [-0.3, -0.25) is 4.55 Å². The molecule has 0 amide bonds. The quantitative estimate of drug-likeness (QED) is 0.652. The minimum absolute atomic E-state index is 0.218. The predicted octanol–water partition coefficient (Wildman–Crippen LogP) is 2.84. The minimum atomic E-state index is -3.87. The minimum Gasteiger partial charge on any atom is -0.384 e. The van der Waals surface area contributed by atoms with Crippen molar-refractivity contribution < 1.29 is 13.0 Å². The van der Waals surface area contributed by atoms with Gasteiger partial charge in [-0.2, -0.15) is 8.42 Å². The maximum atomic E-state index is 10.6. The first-order valence-corrected chi connectivity index (χ1v) is 7.76. The number of nitrogens with one attached hydrogen (secondary N) is 1. The maximum Gasteiger partial charge on any atom is 0.264 e. The SMILES string of the molecule is Cc1ccc2ccccc2c1NCCCS(=O)(=O)O. The molecular weight excluding hydrogens is 262 g/mol. The molecular formula is C14H17NO3S. The molecule has 0 spiro atoms. The molecule has 4 nitrogen and oxygen atoms in total. The van der Waals surface area contributed by atoms with Crippen molar-refractivity contribution in [3.05, 3.63) is 42.0 Å². The van der Waals surface area contributed by atoms with Gasteiger partial charge in [0.15, 0.2) is 0 Å². The van der Waals surface area contributed by atoms with Crippen LogP contribution in [-0.4, -0.2) is 25.3 Å². The van der Waals surface area contributed by atoms with Crippen molar-refractivity contribution in [2.24, 2.45) is 0 Å². The normalized spacial score (nSPS) is 11.7. The van der Waals surface area contributed by atoms with Gasteiger partial charge in [-0.15, -0.1) is 0 Å². The fraction of sp³-hybridized carbons (Fsp3) is 0.286. The number of hydrogen-bond donors (Lipinski definition) is 2. The second kappa shape index (κ2) is 5.59. The third-order valence-electron chi connectivity index (χ3n) is 3.02. The van der Waals surface area contributed by atoms with Crippen molar-refractivity contribution in [2.75, 3.05) is 17.6 Å². The fourth-order valence-corrected chi connectivity index (χ4v) is 2.59. The van der Waals surface area contributed by atoms with Crippen LogP contribution in [0.3, 0.4) is 0 Å². The van der Waals surface area contributed by atoms with E-state index in [2.05, 4.69) is 11.4 Å². The fourth-order valence-electron chi connectivity index (χ4n) is 2.08. The molecule has 102 valence electrons. The summed E-state index contributed by atoms with van der Waals surface area (Å²) in [4.78, 5) is 0. The monoisotopic (exact) mass is 279 g/mol. The van der Waals surface area contributed by atoms with Crippen molar-refractivity contribution in [2.45, 2.75) is 13.3 Å². The average Bonchev–Trinajstić information content (AvgIpc) is 2.35. The molecule has 2 rings (SSSR count). The third kappa shape index (κ3) is 3.68. The van der Waals surface area contributed by atoms with Crippen molar-refractivity contribution >= 4 is 26.6 Å². The molecule has 0 unspecified atom stereocenters. The number of anilines is 1. The van der Waals surface area contributed by atoms with Gasteiger partial charge >= 0.3 is 0 Å². The summed E-state index contributed by atoms with van der Waals surface area (Å²) in [6, 6.07) is 12.1. The zero-order valence-corrected chi connectivity index (χ0v) is 11.6. The number of hydrogen-bond acceptors (Lipinski definition) is 3. The van der Waals surface area contributed by atoms with E-state index < -0.39 is 10.1 Å². The van der Waals surface area contributed by atoms with Gasteiger partial charge in [0.1, 0.15) is 0 Å². The Hall–Kier alpha value is -1.59. The summed E-state index contributed by atoms with van der Waals surface area (Å²) in [5, 5.41) is 5.52. The molecule has 0 radical (unpaired) electrons. The van der Waals surface area contributed by atoms with Gasteiger partial charge in [-0.1, -0.05) is 36.4 Å². The molecule has 0 bridgehead atoms. The number of benzene rings is 2. The summed E-state index contributed by atoms with van der Waals surface area (Å²) in [7, 11) is -3.87. The van der Waals surface area contributed by atoms with Crippen LogP contribution in [0.1, 0.15) is 12.0 Å². The lowest BCUT2D eigenvalue weighted by molar-refractivity contribution is 0.481. The second-order valence-corrected chi connectivity index (χ2v) is 6.12. The lowest BCUT2D eigenvalue weighted by atomic mass is 10.0. The molecule has 0 saturated heterocycles. The van der Waals surface area contributed by atoms with E-state index in [0.29, 0.717) is 13.0 Å². The molecule has 0 fully saturated rings. The molecule has 0 aliphatic rings. The van der Waals surface area contributed by atoms with Gasteiger partial charge in [-0.25, -0.2) is 0 Å². The zero-order valence-electron chi connectivity index (χ0n) is 10.8. The van der Waals surface area contributed by atoms with Crippen LogP contribution in [0.4, 0.5) is 5.69 Å². The number of rotatable bonds is 5. The highest BCUT2D eigenvalue weighted by Crippen LogP contribution is 2.26. The highest BCUT2D eigenvalue weighted by atomic mass is 32.2. The van der Waals surface area contributed by atoms with Crippen molar-refractivity contribution in [3.8, 4) is 0 Å². The average molecular weight is 279 g/mol. The Morgan fingerprint density at radius 1 is 1.16 bits per heavy atom. The van der Waals surface area contributed by atoms with Crippen molar-refractivity contribution in [1.29, 1.82) is 0 Å². The van der Waals surface area contributed by atoms with Crippen LogP contribution in [-0.2, 0) is 10.1 Å². The van der Waals surface area contributed by atoms with E-state index in [1.54, 1.807) is 0 Å². The van der Waals surface area contributed by atoms with Crippen molar-refractivity contribution in [1.82, 2.24) is 0 Å². The summed E-state index contributed by atoms with van der Waals surface area (Å²) in [6.45, 7) is 2.52. The molecule has 0 aliphatic heterocycles. The van der Waals surface area contributed by atoms with Crippen molar-refractivity contribution in [3.63, 3.8) is 0 Å². The van der Waals surface area contributed by atoms with Crippen LogP contribution >= 0.6 is 0 Å². The van der Waals surface area contributed by atoms with E-state index in [1.165, 1.54) is 0 Å². The Kier molecular flexibility index (Phi) is 4.07. The largest absolute Gasteiger partial charge is 0.384 e. The first-order valence-electron chi connectivity index (χ1n) is 6.15. The van der Waals surface area contributed by atoms with Crippen LogP contribution in [0, 0.1) is 6.92 Å². The standard InChI is InChI=1S/C14H17NO3S/c1-11-7-8-12-5-2-3-6-13(12)14(11)15-9-4-10-19(16,17)18/h2-3,5-8,15H,4,9-10H2,1H3,(H,16,17,18). The third-order valence-corrected chi connectivity index (χ3v) is 3.82. The molecule has 19 heavy (non-hydrogen) atoms. The van der Waals surface area contributed by atoms with E-state index in [0.717, 1.165) is 22.0 Å². The molecule has 2 aromatic rings. The Labute approximate surface area is 113 Å². The van der Waals surface area contributed by atoms with Gasteiger partial charge in [0.2, 0.25) is 0 Å². The van der Waals surface area contributed by atoms with E-state index in [9.17, 15) is 8.42 Å². The molecule has 0 heterocycles. The molecule has 2 N–H and O–H groups in total. The summed E-state index contributed by atoms with van der Waals surface area (Å²) < 4.78 is 30.0. The Morgan fingerprint density at radius 2 is 1.89 bits per heavy atom. The summed E-state index contributed by atoms with van der Waals surface area (Å²) in [5.41, 5.74) is 2.14. The first-order chi connectivity index (χ1) is 8.97. The maximum absolute atomic E-state index is 10.6. The highest BCUT2D eigenvalue weighted by Gasteiger charge is 2.06. The van der Waals surface area contributed by atoms with Crippen LogP contribution < -0.4 is 5.32 Å². The Balaban J connectivity index is 2.14. The summed E-state index contributed by atoms with van der Waals surface area (Å²) in [5.74, 6) is -0.218. The lowest BCUT2D eigenvalue weighted by Gasteiger charge is -2.12. The highest BCUT2D eigenvalue weighted by molar-refractivity contribution is 7.85. The number of aryl methyl sites for hydroxylation is 1. The second-order valence-electron chi connectivity index (χ2n) is 4.54. The van der Waals surface area contributed by atoms with Crippen LogP contribution in [0.25, 0.3) is 10.8 Å². The molecule has 0 atom stereocenters.